The number of piperidine rings is 1. The smallest absolute Gasteiger partial charge is 0.191 e. The third-order valence-electron chi connectivity index (χ3n) is 4.85. The number of aliphatic imine (C=N–C) groups is 1. The Kier molecular flexibility index (Phi) is 9.28. The Bertz CT molecular complexity index is 525. The van der Waals surface area contributed by atoms with Crippen LogP contribution in [0.25, 0.3) is 0 Å². The predicted octanol–water partition coefficient (Wildman–Crippen LogP) is 1.99. The topological polar surface area (TPSA) is 69.1 Å². The first kappa shape index (κ1) is 20.5. The van der Waals surface area contributed by atoms with E-state index < -0.39 is 0 Å². The molecule has 0 aromatic heterocycles. The fourth-order valence-electron chi connectivity index (χ4n) is 3.28. The van der Waals surface area contributed by atoms with Gasteiger partial charge in [-0.3, -0.25) is 4.99 Å². The molecule has 0 aliphatic carbocycles. The van der Waals surface area contributed by atoms with Crippen LogP contribution in [0, 0.1) is 0 Å². The second kappa shape index (κ2) is 11.8. The summed E-state index contributed by atoms with van der Waals surface area (Å²) in [5, 5.41) is 16.3. The van der Waals surface area contributed by atoms with E-state index in [0.29, 0.717) is 11.8 Å². The van der Waals surface area contributed by atoms with Gasteiger partial charge in [0.05, 0.1) is 0 Å². The van der Waals surface area contributed by atoms with E-state index in [1.807, 2.05) is 19.2 Å². The number of benzene rings is 1. The lowest BCUT2D eigenvalue weighted by Crippen LogP contribution is -2.49. The number of methoxy groups -OCH3 is 1. The van der Waals surface area contributed by atoms with Crippen LogP contribution >= 0.6 is 0 Å². The van der Waals surface area contributed by atoms with Crippen LogP contribution in [-0.4, -0.2) is 69.0 Å². The summed E-state index contributed by atoms with van der Waals surface area (Å²) in [5.41, 5.74) is 1.24. The van der Waals surface area contributed by atoms with Crippen molar-refractivity contribution in [2.24, 2.45) is 4.99 Å². The number of phenolic OH excluding ortho intramolecular Hbond substituents is 1. The molecule has 26 heavy (non-hydrogen) atoms. The molecule has 6 nitrogen and oxygen atoms in total. The third kappa shape index (κ3) is 7.62. The molecule has 1 saturated heterocycles. The Morgan fingerprint density at radius 3 is 2.62 bits per heavy atom. The number of nitrogens with zero attached hydrogens (tertiary/aromatic N) is 2. The van der Waals surface area contributed by atoms with Gasteiger partial charge in [0.25, 0.3) is 0 Å². The molecule has 0 unspecified atom stereocenters. The molecule has 1 heterocycles. The van der Waals surface area contributed by atoms with E-state index in [1.165, 1.54) is 5.56 Å². The van der Waals surface area contributed by atoms with Gasteiger partial charge in [-0.05, 0) is 49.8 Å². The Morgan fingerprint density at radius 2 is 1.96 bits per heavy atom. The first-order chi connectivity index (χ1) is 12.7. The summed E-state index contributed by atoms with van der Waals surface area (Å²) in [5.74, 6) is 1.22. The van der Waals surface area contributed by atoms with Crippen LogP contribution < -0.4 is 10.6 Å². The number of nitrogens with one attached hydrogen (secondary N) is 2. The summed E-state index contributed by atoms with van der Waals surface area (Å²) in [6.07, 6.45) is 5.44. The SMILES string of the molecule is CN=C(NCCCc1ccc(O)cc1)NC1CCN(CCCOC)CC1. The fraction of sp³-hybridized carbons (Fsp3) is 0.650. The molecule has 6 heteroatoms. The lowest BCUT2D eigenvalue weighted by molar-refractivity contribution is 0.155. The molecule has 0 amide bonds. The number of hydrogen-bond acceptors (Lipinski definition) is 4. The van der Waals surface area contributed by atoms with Crippen molar-refractivity contribution >= 4 is 5.96 Å². The number of rotatable bonds is 9. The van der Waals surface area contributed by atoms with Crippen molar-refractivity contribution in [1.82, 2.24) is 15.5 Å². The molecule has 1 aliphatic heterocycles. The quantitative estimate of drug-likeness (QED) is 0.356. The molecule has 0 atom stereocenters. The molecule has 0 radical (unpaired) electrons. The van der Waals surface area contributed by atoms with Gasteiger partial charge in [-0.2, -0.15) is 0 Å². The van der Waals surface area contributed by atoms with E-state index in [9.17, 15) is 5.11 Å². The van der Waals surface area contributed by atoms with Crippen molar-refractivity contribution in [3.63, 3.8) is 0 Å². The van der Waals surface area contributed by atoms with Gasteiger partial charge >= 0.3 is 0 Å². The second-order valence-electron chi connectivity index (χ2n) is 6.88. The number of hydrogen-bond donors (Lipinski definition) is 3. The minimum absolute atomic E-state index is 0.321. The fourth-order valence-corrected chi connectivity index (χ4v) is 3.28. The van der Waals surface area contributed by atoms with Crippen molar-refractivity contribution < 1.29 is 9.84 Å². The molecular formula is C20H34N4O2. The van der Waals surface area contributed by atoms with Crippen molar-refractivity contribution in [2.45, 2.75) is 38.1 Å². The number of phenols is 1. The van der Waals surface area contributed by atoms with Crippen molar-refractivity contribution in [3.8, 4) is 5.75 Å². The molecule has 1 fully saturated rings. The first-order valence-electron chi connectivity index (χ1n) is 9.67. The maximum absolute atomic E-state index is 9.31. The monoisotopic (exact) mass is 362 g/mol. The number of aryl methyl sites for hydroxylation is 1. The summed E-state index contributed by atoms with van der Waals surface area (Å²) >= 11 is 0. The zero-order chi connectivity index (χ0) is 18.6. The average Bonchev–Trinajstić information content (AvgIpc) is 2.67. The molecule has 3 N–H and O–H groups in total. The zero-order valence-electron chi connectivity index (χ0n) is 16.2. The van der Waals surface area contributed by atoms with E-state index in [4.69, 9.17) is 4.74 Å². The summed E-state index contributed by atoms with van der Waals surface area (Å²) in [4.78, 5) is 6.87. The van der Waals surface area contributed by atoms with Gasteiger partial charge < -0.3 is 25.4 Å². The van der Waals surface area contributed by atoms with Crippen LogP contribution in [0.2, 0.25) is 0 Å². The van der Waals surface area contributed by atoms with E-state index >= 15 is 0 Å². The van der Waals surface area contributed by atoms with Crippen molar-refractivity contribution in [1.29, 1.82) is 0 Å². The predicted molar refractivity (Wildman–Crippen MR) is 107 cm³/mol. The van der Waals surface area contributed by atoms with Crippen molar-refractivity contribution in [3.05, 3.63) is 29.8 Å². The van der Waals surface area contributed by atoms with Gasteiger partial charge in [0.2, 0.25) is 0 Å². The van der Waals surface area contributed by atoms with Crippen molar-refractivity contribution in [2.75, 3.05) is 46.9 Å². The van der Waals surface area contributed by atoms with Crippen LogP contribution in [0.15, 0.2) is 29.3 Å². The minimum atomic E-state index is 0.321. The molecule has 0 saturated carbocycles. The molecular weight excluding hydrogens is 328 g/mol. The molecule has 2 rings (SSSR count). The highest BCUT2D eigenvalue weighted by atomic mass is 16.5. The van der Waals surface area contributed by atoms with Gasteiger partial charge in [-0.25, -0.2) is 0 Å². The van der Waals surface area contributed by atoms with Gasteiger partial charge in [0, 0.05) is 53.0 Å². The Hall–Kier alpha value is -1.79. The first-order valence-corrected chi connectivity index (χ1v) is 9.67. The normalized spacial score (nSPS) is 16.6. The molecule has 0 bridgehead atoms. The summed E-state index contributed by atoms with van der Waals surface area (Å²) in [6.45, 7) is 5.14. The lowest BCUT2D eigenvalue weighted by Gasteiger charge is -2.33. The van der Waals surface area contributed by atoms with Gasteiger partial charge in [0.15, 0.2) is 5.96 Å². The number of aromatic hydroxyl groups is 1. The Morgan fingerprint density at radius 1 is 1.23 bits per heavy atom. The van der Waals surface area contributed by atoms with E-state index in [2.05, 4.69) is 20.5 Å². The van der Waals surface area contributed by atoms with Crippen LogP contribution in [-0.2, 0) is 11.2 Å². The number of likely N-dealkylation sites (tertiary alicyclic amines) is 1. The zero-order valence-corrected chi connectivity index (χ0v) is 16.2. The van der Waals surface area contributed by atoms with Crippen LogP contribution in [0.1, 0.15) is 31.2 Å². The highest BCUT2D eigenvalue weighted by Gasteiger charge is 2.19. The maximum Gasteiger partial charge on any atom is 0.191 e. The molecule has 1 aromatic carbocycles. The minimum Gasteiger partial charge on any atom is -0.508 e. The van der Waals surface area contributed by atoms with E-state index in [-0.39, 0.29) is 0 Å². The number of ether oxygens (including phenoxy) is 1. The van der Waals surface area contributed by atoms with Gasteiger partial charge in [-0.15, -0.1) is 0 Å². The van der Waals surface area contributed by atoms with Gasteiger partial charge in [-0.1, -0.05) is 12.1 Å². The molecule has 1 aromatic rings. The number of guanidine groups is 1. The standard InChI is InChI=1S/C20H34N4O2/c1-21-20(22-12-3-5-17-6-8-19(25)9-7-17)23-18-10-14-24(15-11-18)13-4-16-26-2/h6-9,18,25H,3-5,10-16H2,1-2H3,(H2,21,22,23). The van der Waals surface area contributed by atoms with Gasteiger partial charge in [0.1, 0.15) is 5.75 Å². The molecule has 146 valence electrons. The lowest BCUT2D eigenvalue weighted by atomic mass is 10.1. The third-order valence-corrected chi connectivity index (χ3v) is 4.85. The highest BCUT2D eigenvalue weighted by Crippen LogP contribution is 2.11. The summed E-state index contributed by atoms with van der Waals surface area (Å²) in [6, 6.07) is 7.93. The average molecular weight is 363 g/mol. The second-order valence-corrected chi connectivity index (χ2v) is 6.88. The summed E-state index contributed by atoms with van der Waals surface area (Å²) in [7, 11) is 3.59. The van der Waals surface area contributed by atoms with Crippen LogP contribution in [0.4, 0.5) is 0 Å². The Labute approximate surface area is 157 Å². The molecule has 1 aliphatic rings. The summed E-state index contributed by atoms with van der Waals surface area (Å²) < 4.78 is 5.13. The largest absolute Gasteiger partial charge is 0.508 e. The highest BCUT2D eigenvalue weighted by molar-refractivity contribution is 5.79. The van der Waals surface area contributed by atoms with E-state index in [0.717, 1.165) is 70.8 Å². The van der Waals surface area contributed by atoms with Crippen LogP contribution in [0.3, 0.4) is 0 Å². The Balaban J connectivity index is 1.60. The van der Waals surface area contributed by atoms with Crippen LogP contribution in [0.5, 0.6) is 5.75 Å². The van der Waals surface area contributed by atoms with E-state index in [1.54, 1.807) is 19.2 Å². The maximum atomic E-state index is 9.31. The molecule has 0 spiro atoms.